The van der Waals surface area contributed by atoms with E-state index in [1.807, 2.05) is 20.8 Å². The Morgan fingerprint density at radius 3 is 2.50 bits per heavy atom. The van der Waals surface area contributed by atoms with Crippen molar-refractivity contribution in [3.8, 4) is 0 Å². The average molecular weight is 252 g/mol. The Morgan fingerprint density at radius 2 is 2.06 bits per heavy atom. The van der Waals surface area contributed by atoms with Crippen LogP contribution < -0.4 is 11.3 Å². The van der Waals surface area contributed by atoms with E-state index in [9.17, 15) is 9.59 Å². The van der Waals surface area contributed by atoms with Crippen LogP contribution in [0.5, 0.6) is 0 Å². The molecule has 0 atom stereocenters. The molecule has 0 spiro atoms. The number of nitrogens with two attached hydrogens (primary N) is 1. The molecule has 0 radical (unpaired) electrons. The lowest BCUT2D eigenvalue weighted by Crippen LogP contribution is -2.27. The van der Waals surface area contributed by atoms with Crippen molar-refractivity contribution in [2.45, 2.75) is 39.7 Å². The Bertz CT molecular complexity index is 498. The second-order valence-corrected chi connectivity index (χ2v) is 5.08. The van der Waals surface area contributed by atoms with Gasteiger partial charge in [0.05, 0.1) is 12.2 Å². The molecule has 0 aliphatic carbocycles. The number of carbonyl (C=O) groups is 1. The summed E-state index contributed by atoms with van der Waals surface area (Å²) >= 11 is 0. The molecule has 1 rings (SSSR count). The van der Waals surface area contributed by atoms with Gasteiger partial charge >= 0.3 is 5.97 Å². The van der Waals surface area contributed by atoms with Gasteiger partial charge in [0.2, 0.25) is 0 Å². The first kappa shape index (κ1) is 14.4. The van der Waals surface area contributed by atoms with Crippen LogP contribution in [0.2, 0.25) is 0 Å². The maximum Gasteiger partial charge on any atom is 0.338 e. The Labute approximate surface area is 106 Å². The molecule has 18 heavy (non-hydrogen) atoms. The zero-order valence-electron chi connectivity index (χ0n) is 11.3. The van der Waals surface area contributed by atoms with Gasteiger partial charge in [0.25, 0.3) is 5.56 Å². The van der Waals surface area contributed by atoms with Crippen LogP contribution in [0.1, 0.15) is 49.3 Å². The quantitative estimate of drug-likeness (QED) is 0.794. The molecule has 0 saturated heterocycles. The van der Waals surface area contributed by atoms with Crippen LogP contribution in [0.25, 0.3) is 0 Å². The van der Waals surface area contributed by atoms with E-state index in [-0.39, 0.29) is 35.3 Å². The van der Waals surface area contributed by atoms with Gasteiger partial charge in [0, 0.05) is 23.2 Å². The third kappa shape index (κ3) is 2.98. The summed E-state index contributed by atoms with van der Waals surface area (Å²) in [5.41, 5.74) is 6.14. The highest BCUT2D eigenvalue weighted by molar-refractivity contribution is 5.91. The van der Waals surface area contributed by atoms with Crippen LogP contribution in [0, 0.1) is 0 Å². The van der Waals surface area contributed by atoms with Crippen molar-refractivity contribution in [3.05, 3.63) is 33.2 Å². The van der Waals surface area contributed by atoms with Crippen LogP contribution in [0.15, 0.2) is 10.9 Å². The summed E-state index contributed by atoms with van der Waals surface area (Å²) in [7, 11) is 0. The predicted octanol–water partition coefficient (Wildman–Crippen LogP) is 1.31. The van der Waals surface area contributed by atoms with Crippen molar-refractivity contribution in [3.63, 3.8) is 0 Å². The smallest absolute Gasteiger partial charge is 0.338 e. The molecule has 0 aliphatic heterocycles. The first-order valence-corrected chi connectivity index (χ1v) is 5.95. The van der Waals surface area contributed by atoms with E-state index in [4.69, 9.17) is 10.5 Å². The molecule has 5 nitrogen and oxygen atoms in total. The zero-order chi connectivity index (χ0) is 13.9. The molecular weight excluding hydrogens is 232 g/mol. The minimum absolute atomic E-state index is 0.00784. The molecule has 1 heterocycles. The van der Waals surface area contributed by atoms with Gasteiger partial charge in [-0.05, 0) is 13.0 Å². The minimum atomic E-state index is -0.505. The Kier molecular flexibility index (Phi) is 4.29. The second-order valence-electron chi connectivity index (χ2n) is 5.08. The number of aromatic amines is 1. The lowest BCUT2D eigenvalue weighted by molar-refractivity contribution is 0.0524. The first-order valence-electron chi connectivity index (χ1n) is 5.95. The molecule has 1 aromatic heterocycles. The summed E-state index contributed by atoms with van der Waals surface area (Å²) in [4.78, 5) is 26.5. The van der Waals surface area contributed by atoms with E-state index in [2.05, 4.69) is 4.98 Å². The van der Waals surface area contributed by atoms with Gasteiger partial charge in [-0.1, -0.05) is 20.8 Å². The van der Waals surface area contributed by atoms with Crippen molar-refractivity contribution in [2.75, 3.05) is 6.61 Å². The third-order valence-corrected chi connectivity index (χ3v) is 2.64. The third-order valence-electron chi connectivity index (χ3n) is 2.64. The van der Waals surface area contributed by atoms with Crippen molar-refractivity contribution in [1.82, 2.24) is 4.98 Å². The molecule has 100 valence electrons. The number of carbonyl (C=O) groups excluding carboxylic acids is 1. The van der Waals surface area contributed by atoms with E-state index >= 15 is 0 Å². The molecule has 1 aromatic rings. The largest absolute Gasteiger partial charge is 0.462 e. The highest BCUT2D eigenvalue weighted by Crippen LogP contribution is 2.21. The molecule has 0 unspecified atom stereocenters. The highest BCUT2D eigenvalue weighted by atomic mass is 16.5. The monoisotopic (exact) mass is 252 g/mol. The lowest BCUT2D eigenvalue weighted by atomic mass is 9.90. The summed E-state index contributed by atoms with van der Waals surface area (Å²) in [6.45, 7) is 7.85. The fourth-order valence-electron chi connectivity index (χ4n) is 1.59. The summed E-state index contributed by atoms with van der Waals surface area (Å²) < 4.78 is 4.95. The second kappa shape index (κ2) is 5.35. The zero-order valence-corrected chi connectivity index (χ0v) is 11.3. The number of hydrogen-bond donors (Lipinski definition) is 2. The number of H-pyrrole nitrogens is 1. The van der Waals surface area contributed by atoms with E-state index in [1.165, 1.54) is 0 Å². The van der Waals surface area contributed by atoms with Gasteiger partial charge in [-0.3, -0.25) is 4.79 Å². The Hall–Kier alpha value is -1.62. The first-order chi connectivity index (χ1) is 8.31. The number of pyridine rings is 1. The fraction of sp³-hybridized carbons (Fsp3) is 0.538. The summed E-state index contributed by atoms with van der Waals surface area (Å²) in [6.07, 6.45) is 0. The van der Waals surface area contributed by atoms with E-state index in [1.54, 1.807) is 13.0 Å². The van der Waals surface area contributed by atoms with Crippen LogP contribution in [-0.2, 0) is 16.7 Å². The molecule has 0 saturated carbocycles. The van der Waals surface area contributed by atoms with E-state index in [0.717, 1.165) is 0 Å². The summed E-state index contributed by atoms with van der Waals surface area (Å²) in [6, 6.07) is 1.65. The molecule has 0 amide bonds. The number of nitrogens with one attached hydrogen (secondary N) is 1. The van der Waals surface area contributed by atoms with Crippen molar-refractivity contribution >= 4 is 5.97 Å². The van der Waals surface area contributed by atoms with E-state index < -0.39 is 5.97 Å². The fourth-order valence-corrected chi connectivity index (χ4v) is 1.59. The van der Waals surface area contributed by atoms with Crippen molar-refractivity contribution in [2.24, 2.45) is 5.73 Å². The molecular formula is C13H20N2O3. The predicted molar refractivity (Wildman–Crippen MR) is 69.6 cm³/mol. The Morgan fingerprint density at radius 1 is 1.44 bits per heavy atom. The van der Waals surface area contributed by atoms with Gasteiger partial charge in [-0.15, -0.1) is 0 Å². The normalized spacial score (nSPS) is 11.4. The topological polar surface area (TPSA) is 85.2 Å². The number of rotatable bonds is 3. The standard InChI is InChI=1S/C13H20N2O3/c1-5-18-12(17)8-6-10(13(2,3)4)15-11(16)9(8)7-14/h6H,5,7,14H2,1-4H3,(H,15,16). The van der Waals surface area contributed by atoms with Gasteiger partial charge in [-0.2, -0.15) is 0 Å². The molecule has 0 aromatic carbocycles. The molecule has 0 bridgehead atoms. The summed E-state index contributed by atoms with van der Waals surface area (Å²) in [5, 5.41) is 0. The molecule has 0 fully saturated rings. The van der Waals surface area contributed by atoms with E-state index in [0.29, 0.717) is 5.69 Å². The summed E-state index contributed by atoms with van der Waals surface area (Å²) in [5.74, 6) is -0.505. The average Bonchev–Trinajstić information content (AvgIpc) is 2.27. The van der Waals surface area contributed by atoms with Gasteiger partial charge in [0.15, 0.2) is 0 Å². The van der Waals surface area contributed by atoms with Gasteiger partial charge in [0.1, 0.15) is 0 Å². The number of ether oxygens (including phenoxy) is 1. The maximum atomic E-state index is 11.9. The lowest BCUT2D eigenvalue weighted by Gasteiger charge is -2.20. The number of aromatic nitrogens is 1. The maximum absolute atomic E-state index is 11.9. The van der Waals surface area contributed by atoms with Gasteiger partial charge in [-0.25, -0.2) is 4.79 Å². The molecule has 0 aliphatic rings. The van der Waals surface area contributed by atoms with Crippen LogP contribution in [0.4, 0.5) is 0 Å². The number of esters is 1. The molecule has 5 heteroatoms. The van der Waals surface area contributed by atoms with Crippen molar-refractivity contribution < 1.29 is 9.53 Å². The molecule has 3 N–H and O–H groups in total. The number of hydrogen-bond acceptors (Lipinski definition) is 4. The van der Waals surface area contributed by atoms with Gasteiger partial charge < -0.3 is 15.5 Å². The van der Waals surface area contributed by atoms with Crippen LogP contribution in [-0.4, -0.2) is 17.6 Å². The SMILES string of the molecule is CCOC(=O)c1cc(C(C)(C)C)[nH]c(=O)c1CN. The minimum Gasteiger partial charge on any atom is -0.462 e. The van der Waals surface area contributed by atoms with Crippen molar-refractivity contribution in [1.29, 1.82) is 0 Å². The van der Waals surface area contributed by atoms with Crippen LogP contribution in [0.3, 0.4) is 0 Å². The van der Waals surface area contributed by atoms with Crippen LogP contribution >= 0.6 is 0 Å². The Balaban J connectivity index is 3.42. The highest BCUT2D eigenvalue weighted by Gasteiger charge is 2.21.